The number of nitro groups is 1. The van der Waals surface area contributed by atoms with Crippen LogP contribution in [0.4, 0.5) is 5.69 Å². The van der Waals surface area contributed by atoms with Crippen LogP contribution in [0.3, 0.4) is 0 Å². The fourth-order valence-electron chi connectivity index (χ4n) is 1.19. The average Bonchev–Trinajstić information content (AvgIpc) is 2.29. The summed E-state index contributed by atoms with van der Waals surface area (Å²) in [6.45, 7) is 0.0765. The molecule has 0 fully saturated rings. The molecule has 1 aromatic carbocycles. The standard InChI is InChI=1S/C9H11N3O4/c13-9(11-14)6-10-5-7-3-1-2-4-8(7)12(15)16/h1-4,10,14H,5-6H2,(H,11,13). The molecule has 0 atom stereocenters. The van der Waals surface area contributed by atoms with Crippen molar-refractivity contribution in [3.05, 3.63) is 39.9 Å². The zero-order valence-electron chi connectivity index (χ0n) is 8.34. The summed E-state index contributed by atoms with van der Waals surface area (Å²) in [6.07, 6.45) is 0. The highest BCUT2D eigenvalue weighted by molar-refractivity contribution is 5.76. The third-order valence-electron chi connectivity index (χ3n) is 1.91. The highest BCUT2D eigenvalue weighted by atomic mass is 16.6. The molecule has 0 bridgehead atoms. The second-order valence-electron chi connectivity index (χ2n) is 3.02. The van der Waals surface area contributed by atoms with E-state index in [1.165, 1.54) is 11.5 Å². The molecule has 1 amide bonds. The zero-order chi connectivity index (χ0) is 12.0. The Balaban J connectivity index is 2.60. The van der Waals surface area contributed by atoms with Gasteiger partial charge >= 0.3 is 0 Å². The summed E-state index contributed by atoms with van der Waals surface area (Å²) in [5.41, 5.74) is 1.94. The Hall–Kier alpha value is -1.99. The molecule has 0 aliphatic rings. The third-order valence-corrected chi connectivity index (χ3v) is 1.91. The number of hydrogen-bond donors (Lipinski definition) is 3. The topological polar surface area (TPSA) is 104 Å². The molecular formula is C9H11N3O4. The maximum absolute atomic E-state index is 10.7. The molecule has 7 nitrogen and oxygen atoms in total. The van der Waals surface area contributed by atoms with Crippen LogP contribution in [0.1, 0.15) is 5.56 Å². The van der Waals surface area contributed by atoms with Gasteiger partial charge in [-0.3, -0.25) is 20.1 Å². The van der Waals surface area contributed by atoms with E-state index in [2.05, 4.69) is 5.32 Å². The largest absolute Gasteiger partial charge is 0.304 e. The number of para-hydroxylation sites is 1. The number of hydrogen-bond acceptors (Lipinski definition) is 5. The second-order valence-corrected chi connectivity index (χ2v) is 3.02. The van der Waals surface area contributed by atoms with Crippen LogP contribution in [0.25, 0.3) is 0 Å². The number of amides is 1. The predicted octanol–water partition coefficient (Wildman–Crippen LogP) is 0.190. The first kappa shape index (κ1) is 12.1. The van der Waals surface area contributed by atoms with Crippen LogP contribution in [0.15, 0.2) is 24.3 Å². The fourth-order valence-corrected chi connectivity index (χ4v) is 1.19. The Morgan fingerprint density at radius 1 is 1.44 bits per heavy atom. The lowest BCUT2D eigenvalue weighted by Gasteiger charge is -2.04. The van der Waals surface area contributed by atoms with E-state index >= 15 is 0 Å². The van der Waals surface area contributed by atoms with E-state index in [1.54, 1.807) is 18.2 Å². The summed E-state index contributed by atoms with van der Waals surface area (Å²) < 4.78 is 0. The average molecular weight is 225 g/mol. The van der Waals surface area contributed by atoms with Gasteiger partial charge in [-0.15, -0.1) is 0 Å². The number of rotatable bonds is 5. The van der Waals surface area contributed by atoms with Crippen molar-refractivity contribution in [2.24, 2.45) is 0 Å². The minimum atomic E-state index is -0.599. The monoisotopic (exact) mass is 225 g/mol. The van der Waals surface area contributed by atoms with E-state index in [-0.39, 0.29) is 18.8 Å². The summed E-state index contributed by atoms with van der Waals surface area (Å²) >= 11 is 0. The lowest BCUT2D eigenvalue weighted by Crippen LogP contribution is -2.31. The minimum Gasteiger partial charge on any atom is -0.304 e. The molecule has 0 heterocycles. The lowest BCUT2D eigenvalue weighted by atomic mass is 10.2. The first-order valence-electron chi connectivity index (χ1n) is 4.51. The van der Waals surface area contributed by atoms with E-state index in [9.17, 15) is 14.9 Å². The highest BCUT2D eigenvalue weighted by Gasteiger charge is 2.11. The Kier molecular flexibility index (Phi) is 4.37. The van der Waals surface area contributed by atoms with Gasteiger partial charge in [-0.1, -0.05) is 18.2 Å². The van der Waals surface area contributed by atoms with Crippen molar-refractivity contribution in [2.45, 2.75) is 6.54 Å². The molecule has 0 aliphatic carbocycles. The van der Waals surface area contributed by atoms with Crippen molar-refractivity contribution in [3.63, 3.8) is 0 Å². The van der Waals surface area contributed by atoms with Gasteiger partial charge in [0.15, 0.2) is 0 Å². The molecular weight excluding hydrogens is 214 g/mol. The molecule has 0 aromatic heterocycles. The van der Waals surface area contributed by atoms with E-state index in [0.717, 1.165) is 0 Å². The van der Waals surface area contributed by atoms with Gasteiger partial charge in [0.05, 0.1) is 11.5 Å². The molecule has 0 spiro atoms. The van der Waals surface area contributed by atoms with Crippen LogP contribution >= 0.6 is 0 Å². The van der Waals surface area contributed by atoms with Gasteiger partial charge in [0.25, 0.3) is 11.6 Å². The molecule has 1 aromatic rings. The maximum Gasteiger partial charge on any atom is 0.273 e. The molecule has 1 rings (SSSR count). The van der Waals surface area contributed by atoms with Gasteiger partial charge in [-0.25, -0.2) is 5.48 Å². The number of carbonyl (C=O) groups is 1. The predicted molar refractivity (Wildman–Crippen MR) is 54.7 cm³/mol. The number of carbonyl (C=O) groups excluding carboxylic acids is 1. The summed E-state index contributed by atoms with van der Waals surface area (Å²) in [5, 5.41) is 21.5. The van der Waals surface area contributed by atoms with E-state index in [1.807, 2.05) is 0 Å². The van der Waals surface area contributed by atoms with E-state index in [4.69, 9.17) is 5.21 Å². The Morgan fingerprint density at radius 3 is 2.75 bits per heavy atom. The first-order chi connectivity index (χ1) is 7.65. The van der Waals surface area contributed by atoms with Gasteiger partial charge in [-0.05, 0) is 0 Å². The Bertz CT molecular complexity index is 394. The quantitative estimate of drug-likeness (QED) is 0.377. The Labute approximate surface area is 91.2 Å². The van der Waals surface area contributed by atoms with Crippen LogP contribution in [-0.2, 0) is 11.3 Å². The number of hydroxylamine groups is 1. The van der Waals surface area contributed by atoms with Crippen molar-refractivity contribution in [1.82, 2.24) is 10.8 Å². The first-order valence-corrected chi connectivity index (χ1v) is 4.51. The fraction of sp³-hybridized carbons (Fsp3) is 0.222. The Morgan fingerprint density at radius 2 is 2.12 bits per heavy atom. The highest BCUT2D eigenvalue weighted by Crippen LogP contribution is 2.16. The molecule has 0 radical (unpaired) electrons. The van der Waals surface area contributed by atoms with E-state index in [0.29, 0.717) is 5.56 Å². The van der Waals surface area contributed by atoms with Crippen molar-refractivity contribution >= 4 is 11.6 Å². The SMILES string of the molecule is O=C(CNCc1ccccc1[N+](=O)[O-])NO. The molecule has 7 heteroatoms. The van der Waals surface area contributed by atoms with Crippen LogP contribution in [0.2, 0.25) is 0 Å². The van der Waals surface area contributed by atoms with Crippen LogP contribution in [0, 0.1) is 10.1 Å². The number of nitrogens with zero attached hydrogens (tertiary/aromatic N) is 1. The third kappa shape index (κ3) is 3.30. The normalized spacial score (nSPS) is 9.81. The van der Waals surface area contributed by atoms with Crippen molar-refractivity contribution in [3.8, 4) is 0 Å². The number of nitrogens with one attached hydrogen (secondary N) is 2. The van der Waals surface area contributed by atoms with Gasteiger partial charge in [-0.2, -0.15) is 0 Å². The smallest absolute Gasteiger partial charge is 0.273 e. The molecule has 16 heavy (non-hydrogen) atoms. The maximum atomic E-state index is 10.7. The van der Waals surface area contributed by atoms with Crippen LogP contribution < -0.4 is 10.8 Å². The van der Waals surface area contributed by atoms with Crippen molar-refractivity contribution < 1.29 is 14.9 Å². The minimum absolute atomic E-state index is 0.000549. The molecule has 0 unspecified atom stereocenters. The summed E-state index contributed by atoms with van der Waals surface area (Å²) in [6, 6.07) is 6.24. The molecule has 3 N–H and O–H groups in total. The van der Waals surface area contributed by atoms with E-state index < -0.39 is 10.8 Å². The molecule has 0 saturated heterocycles. The van der Waals surface area contributed by atoms with Crippen LogP contribution in [-0.4, -0.2) is 22.6 Å². The summed E-state index contributed by atoms with van der Waals surface area (Å²) in [7, 11) is 0. The molecule has 86 valence electrons. The van der Waals surface area contributed by atoms with Gasteiger partial charge < -0.3 is 5.32 Å². The van der Waals surface area contributed by atoms with Crippen molar-refractivity contribution in [1.29, 1.82) is 0 Å². The molecule has 0 saturated carbocycles. The van der Waals surface area contributed by atoms with Crippen LogP contribution in [0.5, 0.6) is 0 Å². The zero-order valence-corrected chi connectivity index (χ0v) is 8.34. The van der Waals surface area contributed by atoms with Gasteiger partial charge in [0.1, 0.15) is 0 Å². The van der Waals surface area contributed by atoms with Crippen molar-refractivity contribution in [2.75, 3.05) is 6.54 Å². The number of benzene rings is 1. The second kappa shape index (κ2) is 5.79. The summed E-state index contributed by atoms with van der Waals surface area (Å²) in [4.78, 5) is 20.8. The lowest BCUT2D eigenvalue weighted by molar-refractivity contribution is -0.385. The molecule has 0 aliphatic heterocycles. The number of nitro benzene ring substituents is 1. The summed E-state index contributed by atoms with van der Waals surface area (Å²) in [5.74, 6) is -0.599. The van der Waals surface area contributed by atoms with Gasteiger partial charge in [0, 0.05) is 18.2 Å². The van der Waals surface area contributed by atoms with Gasteiger partial charge in [0.2, 0.25) is 0 Å².